The predicted molar refractivity (Wildman–Crippen MR) is 229 cm³/mol. The Morgan fingerprint density at radius 1 is 0.339 bits per heavy atom. The summed E-state index contributed by atoms with van der Waals surface area (Å²) in [6.45, 7) is 0. The van der Waals surface area contributed by atoms with Gasteiger partial charge in [-0.3, -0.25) is 0 Å². The molecule has 3 heterocycles. The summed E-state index contributed by atoms with van der Waals surface area (Å²) >= 11 is 0. The lowest BCUT2D eigenvalue weighted by molar-refractivity contribution is 0.669. The van der Waals surface area contributed by atoms with E-state index in [0.29, 0.717) is 17.5 Å². The van der Waals surface area contributed by atoms with Gasteiger partial charge in [-0.25, -0.2) is 15.0 Å². The van der Waals surface area contributed by atoms with E-state index in [-0.39, 0.29) is 0 Å². The molecule has 0 unspecified atom stereocenters. The Labute approximate surface area is 322 Å². The largest absolute Gasteiger partial charge is 0.456 e. The van der Waals surface area contributed by atoms with E-state index in [1.165, 1.54) is 10.8 Å². The number of hydrogen-bond donors (Lipinski definition) is 0. The quantitative estimate of drug-likeness (QED) is 0.172. The van der Waals surface area contributed by atoms with Crippen molar-refractivity contribution in [2.75, 3.05) is 0 Å². The van der Waals surface area contributed by atoms with E-state index >= 15 is 0 Å². The molecule has 3 aromatic heterocycles. The van der Waals surface area contributed by atoms with Gasteiger partial charge < -0.3 is 8.98 Å². The van der Waals surface area contributed by atoms with Crippen LogP contribution in [0.2, 0.25) is 0 Å². The lowest BCUT2D eigenvalue weighted by Crippen LogP contribution is -2.01. The predicted octanol–water partition coefficient (Wildman–Crippen LogP) is 13.2. The summed E-state index contributed by atoms with van der Waals surface area (Å²) in [6, 6.07) is 67.3. The minimum absolute atomic E-state index is 0.601. The molecule has 0 N–H and O–H groups in total. The Morgan fingerprint density at radius 3 is 1.64 bits per heavy atom. The van der Waals surface area contributed by atoms with Crippen molar-refractivity contribution in [2.45, 2.75) is 0 Å². The van der Waals surface area contributed by atoms with Crippen LogP contribution >= 0.6 is 0 Å². The molecule has 56 heavy (non-hydrogen) atoms. The van der Waals surface area contributed by atoms with Crippen molar-refractivity contribution in [3.8, 4) is 62.1 Å². The zero-order chi connectivity index (χ0) is 37.0. The summed E-state index contributed by atoms with van der Waals surface area (Å²) in [7, 11) is 0. The number of fused-ring (bicyclic) bond motifs is 6. The van der Waals surface area contributed by atoms with Crippen molar-refractivity contribution < 1.29 is 4.42 Å². The second kappa shape index (κ2) is 13.0. The number of furan rings is 1. The lowest BCUT2D eigenvalue weighted by Gasteiger charge is -2.15. The number of nitrogens with zero attached hydrogens (tertiary/aromatic N) is 4. The van der Waals surface area contributed by atoms with Gasteiger partial charge in [0, 0.05) is 50.0 Å². The first-order valence-electron chi connectivity index (χ1n) is 18.8. The molecule has 5 nitrogen and oxygen atoms in total. The van der Waals surface area contributed by atoms with Crippen molar-refractivity contribution in [3.63, 3.8) is 0 Å². The van der Waals surface area contributed by atoms with Gasteiger partial charge in [-0.1, -0.05) is 152 Å². The van der Waals surface area contributed by atoms with Crippen LogP contribution in [0.5, 0.6) is 0 Å². The highest BCUT2D eigenvalue weighted by Crippen LogP contribution is 2.44. The minimum Gasteiger partial charge on any atom is -0.456 e. The first-order chi connectivity index (χ1) is 27.8. The van der Waals surface area contributed by atoms with Gasteiger partial charge in [0.15, 0.2) is 17.5 Å². The first kappa shape index (κ1) is 31.9. The van der Waals surface area contributed by atoms with Crippen molar-refractivity contribution in [1.29, 1.82) is 0 Å². The van der Waals surface area contributed by atoms with Crippen molar-refractivity contribution >= 4 is 43.7 Å². The van der Waals surface area contributed by atoms with Gasteiger partial charge >= 0.3 is 0 Å². The number of hydrogen-bond acceptors (Lipinski definition) is 4. The van der Waals surface area contributed by atoms with Crippen LogP contribution in [0, 0.1) is 0 Å². The fourth-order valence-electron chi connectivity index (χ4n) is 8.07. The van der Waals surface area contributed by atoms with Crippen LogP contribution in [0.4, 0.5) is 0 Å². The smallest absolute Gasteiger partial charge is 0.164 e. The average Bonchev–Trinajstić information content (AvgIpc) is 3.81. The summed E-state index contributed by atoms with van der Waals surface area (Å²) in [4.78, 5) is 15.4. The minimum atomic E-state index is 0.601. The van der Waals surface area contributed by atoms with Gasteiger partial charge in [0.05, 0.1) is 11.0 Å². The van der Waals surface area contributed by atoms with E-state index < -0.39 is 0 Å². The molecule has 262 valence electrons. The summed E-state index contributed by atoms with van der Waals surface area (Å²) in [6.07, 6.45) is 0. The van der Waals surface area contributed by atoms with Gasteiger partial charge in [0.2, 0.25) is 0 Å². The Hall–Kier alpha value is -7.63. The van der Waals surface area contributed by atoms with E-state index in [9.17, 15) is 0 Å². The number of benzene rings is 8. The molecule has 0 aliphatic rings. The molecule has 0 aliphatic heterocycles. The second-order valence-corrected chi connectivity index (χ2v) is 14.0. The SMILES string of the molecule is c1ccc(-c2ccc(-c3cccc4oc5cc6c(cc5c34)c3ccccc3n6-c3ccccc3)c(-c3nc(-c4ccccc4)nc(-c4ccccc4)n3)c2)cc1. The maximum Gasteiger partial charge on any atom is 0.164 e. The maximum atomic E-state index is 6.75. The molecular weight excluding hydrogens is 685 g/mol. The van der Waals surface area contributed by atoms with Gasteiger partial charge in [0.25, 0.3) is 0 Å². The summed E-state index contributed by atoms with van der Waals surface area (Å²) in [5.74, 6) is 1.84. The zero-order valence-electron chi connectivity index (χ0n) is 30.2. The van der Waals surface area contributed by atoms with Crippen molar-refractivity contribution in [2.24, 2.45) is 0 Å². The second-order valence-electron chi connectivity index (χ2n) is 14.0. The summed E-state index contributed by atoms with van der Waals surface area (Å²) in [5, 5.41) is 4.48. The van der Waals surface area contributed by atoms with Crippen LogP contribution in [0.25, 0.3) is 106 Å². The molecular formula is C51H32N4O. The van der Waals surface area contributed by atoms with E-state index in [1.807, 2.05) is 66.7 Å². The molecule has 5 heteroatoms. The van der Waals surface area contributed by atoms with E-state index in [0.717, 1.165) is 77.6 Å². The van der Waals surface area contributed by atoms with Gasteiger partial charge in [0.1, 0.15) is 11.2 Å². The standard InChI is InChI=1S/C51H32N4O/c1-5-16-33(17-6-1)36-28-29-38(42(30-36)51-53-49(34-18-7-2-8-19-34)52-50(54-51)35-20-9-3-10-21-35)40-25-15-27-46-48(40)43-31-41-39-24-13-14-26-44(39)55(37-22-11-4-12-23-37)45(41)32-47(43)56-46/h1-32H. The van der Waals surface area contributed by atoms with Crippen LogP contribution in [-0.2, 0) is 0 Å². The molecule has 11 rings (SSSR count). The third kappa shape index (κ3) is 5.29. The number of para-hydroxylation sites is 2. The summed E-state index contributed by atoms with van der Waals surface area (Å²) in [5.41, 5.74) is 12.0. The Balaban J connectivity index is 1.19. The van der Waals surface area contributed by atoms with Crippen LogP contribution < -0.4 is 0 Å². The van der Waals surface area contributed by atoms with Crippen LogP contribution in [0.1, 0.15) is 0 Å². The molecule has 0 fully saturated rings. The topological polar surface area (TPSA) is 56.7 Å². The molecule has 0 atom stereocenters. The lowest BCUT2D eigenvalue weighted by atomic mass is 9.91. The highest BCUT2D eigenvalue weighted by Gasteiger charge is 2.22. The monoisotopic (exact) mass is 716 g/mol. The molecule has 8 aromatic carbocycles. The van der Waals surface area contributed by atoms with E-state index in [1.54, 1.807) is 0 Å². The van der Waals surface area contributed by atoms with Crippen LogP contribution in [0.3, 0.4) is 0 Å². The fourth-order valence-corrected chi connectivity index (χ4v) is 8.07. The van der Waals surface area contributed by atoms with Gasteiger partial charge in [-0.15, -0.1) is 0 Å². The molecule has 0 saturated heterocycles. The molecule has 0 saturated carbocycles. The molecule has 0 spiro atoms. The highest BCUT2D eigenvalue weighted by atomic mass is 16.3. The highest BCUT2D eigenvalue weighted by molar-refractivity contribution is 6.20. The van der Waals surface area contributed by atoms with Crippen molar-refractivity contribution in [1.82, 2.24) is 19.5 Å². The molecule has 0 radical (unpaired) electrons. The zero-order valence-corrected chi connectivity index (χ0v) is 30.2. The van der Waals surface area contributed by atoms with Crippen LogP contribution in [-0.4, -0.2) is 19.5 Å². The third-order valence-electron chi connectivity index (χ3n) is 10.7. The molecule has 11 aromatic rings. The summed E-state index contributed by atoms with van der Waals surface area (Å²) < 4.78 is 9.07. The first-order valence-corrected chi connectivity index (χ1v) is 18.8. The maximum absolute atomic E-state index is 6.75. The molecule has 0 aliphatic carbocycles. The van der Waals surface area contributed by atoms with Gasteiger partial charge in [-0.2, -0.15) is 0 Å². The van der Waals surface area contributed by atoms with E-state index in [4.69, 9.17) is 19.4 Å². The average molecular weight is 717 g/mol. The molecule has 0 amide bonds. The van der Waals surface area contributed by atoms with Gasteiger partial charge in [-0.05, 0) is 58.7 Å². The Kier molecular flexibility index (Phi) is 7.42. The third-order valence-corrected chi connectivity index (χ3v) is 10.7. The number of aromatic nitrogens is 4. The molecule has 0 bridgehead atoms. The van der Waals surface area contributed by atoms with E-state index in [2.05, 4.69) is 132 Å². The Bertz CT molecular complexity index is 3170. The van der Waals surface area contributed by atoms with Crippen LogP contribution in [0.15, 0.2) is 199 Å². The number of rotatable bonds is 6. The Morgan fingerprint density at radius 2 is 0.946 bits per heavy atom. The fraction of sp³-hybridized carbons (Fsp3) is 0. The van der Waals surface area contributed by atoms with Crippen molar-refractivity contribution in [3.05, 3.63) is 194 Å². The normalized spacial score (nSPS) is 11.6.